The highest BCUT2D eigenvalue weighted by Gasteiger charge is 2.54. The number of hydrogen-bond donors (Lipinski definition) is 0. The van der Waals surface area contributed by atoms with Gasteiger partial charge in [-0.25, -0.2) is 0 Å². The Balaban J connectivity index is 1.42. The fourth-order valence-electron chi connectivity index (χ4n) is 9.32. The van der Waals surface area contributed by atoms with Gasteiger partial charge in [0.2, 0.25) is 0 Å². The van der Waals surface area contributed by atoms with Crippen molar-refractivity contribution in [3.63, 3.8) is 0 Å². The van der Waals surface area contributed by atoms with Gasteiger partial charge < -0.3 is 4.42 Å². The molecule has 236 valence electrons. The van der Waals surface area contributed by atoms with E-state index in [1.165, 1.54) is 77.6 Å². The van der Waals surface area contributed by atoms with E-state index in [1.54, 1.807) is 0 Å². The molecule has 0 saturated carbocycles. The first-order valence-corrected chi connectivity index (χ1v) is 17.7. The van der Waals surface area contributed by atoms with Crippen molar-refractivity contribution >= 4 is 43.9 Å². The highest BCUT2D eigenvalue weighted by atomic mass is 16.3. The van der Waals surface area contributed by atoms with E-state index in [4.69, 9.17) is 4.42 Å². The number of furan rings is 1. The van der Waals surface area contributed by atoms with Gasteiger partial charge in [-0.2, -0.15) is 0 Å². The van der Waals surface area contributed by atoms with Crippen molar-refractivity contribution < 1.29 is 4.42 Å². The number of para-hydroxylation sites is 1. The Morgan fingerprint density at radius 3 is 2.39 bits per heavy atom. The largest absolute Gasteiger partial charge is 0.455 e. The Morgan fingerprint density at radius 1 is 0.667 bits per heavy atom. The molecule has 0 fully saturated rings. The lowest BCUT2D eigenvalue weighted by Gasteiger charge is -2.32. The van der Waals surface area contributed by atoms with Crippen LogP contribution in [0.1, 0.15) is 46.2 Å². The van der Waals surface area contributed by atoms with Gasteiger partial charge in [-0.15, -0.1) is 0 Å². The van der Waals surface area contributed by atoms with Gasteiger partial charge in [0.15, 0.2) is 0 Å². The second kappa shape index (κ2) is 10.5. The topological polar surface area (TPSA) is 13.1 Å². The fourth-order valence-corrected chi connectivity index (χ4v) is 9.32. The molecule has 0 amide bonds. The lowest BCUT2D eigenvalue weighted by molar-refractivity contribution is 0.669. The zero-order chi connectivity index (χ0) is 33.7. The van der Waals surface area contributed by atoms with Crippen molar-refractivity contribution in [3.05, 3.63) is 190 Å². The molecule has 0 bridgehead atoms. The Bertz CT molecular complexity index is 2990. The third kappa shape index (κ3) is 3.73. The molecule has 1 aromatic heterocycles. The van der Waals surface area contributed by atoms with Crippen molar-refractivity contribution in [2.24, 2.45) is 0 Å². The van der Waals surface area contributed by atoms with Crippen LogP contribution in [0.15, 0.2) is 161 Å². The van der Waals surface area contributed by atoms with Crippen molar-refractivity contribution in [1.29, 1.82) is 0 Å². The van der Waals surface area contributed by atoms with Crippen LogP contribution in [-0.4, -0.2) is 0 Å². The lowest BCUT2D eigenvalue weighted by Crippen LogP contribution is -2.27. The number of aryl methyl sites for hydroxylation is 1. The van der Waals surface area contributed by atoms with Crippen LogP contribution < -0.4 is 0 Å². The van der Waals surface area contributed by atoms with E-state index in [0.29, 0.717) is 6.42 Å². The standard InChI is InChI=1S/C50H30O/c1-31-26-27-36-40(28-31)38(32-16-6-4-7-17-32)29-43-47(36)48-44(50(43)41-23-11-3-2-10-20-34(41)35-21-12-14-24-42(35)50)30-39(33-18-8-5-9-19-33)46-37-22-13-15-25-45(37)51-49(46)48/h4-6,8-9,11-16,18-19,21-30H,3,20H2,1H3/b23-11-. The van der Waals surface area contributed by atoms with E-state index in [9.17, 15) is 0 Å². The van der Waals surface area contributed by atoms with Gasteiger partial charge in [0.05, 0.1) is 5.41 Å². The summed E-state index contributed by atoms with van der Waals surface area (Å²) in [6.45, 7) is 2.18. The van der Waals surface area contributed by atoms with E-state index in [0.717, 1.165) is 33.9 Å². The molecule has 51 heavy (non-hydrogen) atoms. The van der Waals surface area contributed by atoms with E-state index < -0.39 is 5.41 Å². The van der Waals surface area contributed by atoms with Gasteiger partial charge in [0.25, 0.3) is 0 Å². The summed E-state index contributed by atoms with van der Waals surface area (Å²) in [5.74, 6) is 6.91. The van der Waals surface area contributed by atoms with Crippen LogP contribution >= 0.6 is 0 Å². The average Bonchev–Trinajstić information content (AvgIpc) is 3.78. The van der Waals surface area contributed by atoms with E-state index >= 15 is 0 Å². The van der Waals surface area contributed by atoms with E-state index in [-0.39, 0.29) is 0 Å². The minimum Gasteiger partial charge on any atom is -0.455 e. The number of rotatable bonds is 2. The predicted octanol–water partition coefficient (Wildman–Crippen LogP) is 12.4. The number of hydrogen-bond acceptors (Lipinski definition) is 1. The maximum Gasteiger partial charge on any atom is 0.144 e. The summed E-state index contributed by atoms with van der Waals surface area (Å²) in [7, 11) is 0. The van der Waals surface area contributed by atoms with Crippen LogP contribution in [-0.2, 0) is 5.41 Å². The second-order valence-electron chi connectivity index (χ2n) is 13.9. The second-order valence-corrected chi connectivity index (χ2v) is 13.9. The van der Waals surface area contributed by atoms with Crippen molar-refractivity contribution in [3.8, 4) is 34.1 Å². The molecule has 6 aromatic carbocycles. The van der Waals surface area contributed by atoms with Crippen LogP contribution in [0.4, 0.5) is 0 Å². The Morgan fingerprint density at radius 2 is 1.49 bits per heavy atom. The van der Waals surface area contributed by atoms with Crippen LogP contribution in [0, 0.1) is 18.8 Å². The van der Waals surface area contributed by atoms with Crippen molar-refractivity contribution in [1.82, 2.24) is 0 Å². The molecule has 0 aliphatic heterocycles. The monoisotopic (exact) mass is 646 g/mol. The molecule has 1 unspecified atom stereocenters. The number of allylic oxidation sites excluding steroid dienone is 8. The van der Waals surface area contributed by atoms with E-state index in [1.807, 2.05) is 6.08 Å². The van der Waals surface area contributed by atoms with Crippen molar-refractivity contribution in [2.75, 3.05) is 0 Å². The minimum absolute atomic E-state index is 0.588. The first kappa shape index (κ1) is 28.3. The van der Waals surface area contributed by atoms with Gasteiger partial charge >= 0.3 is 0 Å². The molecule has 0 N–H and O–H groups in total. The molecule has 0 saturated heterocycles. The summed E-state index contributed by atoms with van der Waals surface area (Å²) in [6.07, 6.45) is 12.2. The van der Waals surface area contributed by atoms with Gasteiger partial charge in [0, 0.05) is 34.8 Å². The van der Waals surface area contributed by atoms with Gasteiger partial charge in [-0.1, -0.05) is 138 Å². The zero-order valence-electron chi connectivity index (χ0n) is 28.1. The molecule has 4 aliphatic carbocycles. The predicted molar refractivity (Wildman–Crippen MR) is 210 cm³/mol. The summed E-state index contributed by atoms with van der Waals surface area (Å²) >= 11 is 0. The smallest absolute Gasteiger partial charge is 0.144 e. The summed E-state index contributed by atoms with van der Waals surface area (Å²) in [5, 5.41) is 4.73. The van der Waals surface area contributed by atoms with Crippen molar-refractivity contribution in [2.45, 2.75) is 25.2 Å². The molecule has 4 aliphatic rings. The molecule has 1 spiro atoms. The highest BCUT2D eigenvalue weighted by Crippen LogP contribution is 2.66. The third-order valence-corrected chi connectivity index (χ3v) is 11.3. The first-order valence-electron chi connectivity index (χ1n) is 17.7. The van der Waals surface area contributed by atoms with E-state index in [2.05, 4.69) is 164 Å². The Hall–Kier alpha value is -6.54. The highest BCUT2D eigenvalue weighted by molar-refractivity contribution is 6.22. The Kier molecular flexibility index (Phi) is 5.82. The maximum absolute atomic E-state index is 7.11. The summed E-state index contributed by atoms with van der Waals surface area (Å²) < 4.78 is 7.11. The third-order valence-electron chi connectivity index (χ3n) is 11.3. The molecule has 11 rings (SSSR count). The minimum atomic E-state index is -0.588. The Labute approximate surface area is 296 Å². The number of fused-ring (bicyclic) bond motifs is 15. The molecule has 7 aromatic rings. The normalized spacial score (nSPS) is 18.3. The fraction of sp³-hybridized carbons (Fsp3) is 0.0800. The first-order chi connectivity index (χ1) is 25.2. The van der Waals surface area contributed by atoms with Gasteiger partial charge in [-0.3, -0.25) is 0 Å². The average molecular weight is 647 g/mol. The van der Waals surface area contributed by atoms with Crippen LogP contribution in [0.5, 0.6) is 0 Å². The summed E-state index contributed by atoms with van der Waals surface area (Å²) in [4.78, 5) is 0. The molecule has 1 heteroatoms. The number of benzene rings is 6. The summed E-state index contributed by atoms with van der Waals surface area (Å²) in [6, 6.07) is 40.3. The molecular weight excluding hydrogens is 617 g/mol. The van der Waals surface area contributed by atoms with Crippen LogP contribution in [0.25, 0.3) is 66.1 Å². The molecule has 1 atom stereocenters. The molecule has 1 nitrogen and oxygen atoms in total. The molecule has 1 heterocycles. The van der Waals surface area contributed by atoms with Crippen LogP contribution in [0.3, 0.4) is 0 Å². The maximum atomic E-state index is 7.11. The SMILES string of the molecule is Cc1ccc2c3c(cc(C4=C=C=CC=C4)c2c1)C1(C2=C(CC#CC/C=C\2)c2ccccc21)c1cc(-c2ccccc2)c2c(oc4ccccc42)c1-3. The lowest BCUT2D eigenvalue weighted by atomic mass is 9.68. The molecule has 0 radical (unpaired) electrons. The van der Waals surface area contributed by atoms with Crippen LogP contribution in [0.2, 0.25) is 0 Å². The molecular formula is C50H30O. The van der Waals surface area contributed by atoms with Gasteiger partial charge in [0.1, 0.15) is 11.2 Å². The summed E-state index contributed by atoms with van der Waals surface area (Å²) in [5.41, 5.74) is 24.0. The van der Waals surface area contributed by atoms with Gasteiger partial charge in [-0.05, 0) is 104 Å². The zero-order valence-corrected chi connectivity index (χ0v) is 28.1. The quantitative estimate of drug-likeness (QED) is 0.135.